The summed E-state index contributed by atoms with van der Waals surface area (Å²) in [7, 11) is 0. The van der Waals surface area contributed by atoms with E-state index < -0.39 is 0 Å². The van der Waals surface area contributed by atoms with Crippen molar-refractivity contribution < 1.29 is 4.74 Å². The van der Waals surface area contributed by atoms with Crippen molar-refractivity contribution in [1.29, 1.82) is 0 Å². The van der Waals surface area contributed by atoms with Gasteiger partial charge in [-0.25, -0.2) is 15.4 Å². The lowest BCUT2D eigenvalue weighted by molar-refractivity contribution is 0.482. The second kappa shape index (κ2) is 7.77. The van der Waals surface area contributed by atoms with Crippen LogP contribution in [-0.2, 0) is 0 Å². The fourth-order valence-corrected chi connectivity index (χ4v) is 2.36. The fourth-order valence-electron chi connectivity index (χ4n) is 2.24. The van der Waals surface area contributed by atoms with Crippen molar-refractivity contribution >= 4 is 23.8 Å². The molecule has 6 heteroatoms. The monoisotopic (exact) mass is 352 g/mol. The first-order valence-corrected chi connectivity index (χ1v) is 8.11. The van der Waals surface area contributed by atoms with Crippen molar-refractivity contribution in [3.05, 3.63) is 76.6 Å². The lowest BCUT2D eigenvalue weighted by atomic mass is 10.2. The highest BCUT2D eigenvalue weighted by molar-refractivity contribution is 6.30. The number of aromatic nitrogens is 2. The molecule has 1 N–H and O–H groups in total. The molecule has 0 spiro atoms. The quantitative estimate of drug-likeness (QED) is 0.519. The number of nitrogens with zero attached hydrogens (tertiary/aromatic N) is 3. The van der Waals surface area contributed by atoms with E-state index in [1.165, 1.54) is 0 Å². The molecule has 5 nitrogen and oxygen atoms in total. The average molecular weight is 353 g/mol. The summed E-state index contributed by atoms with van der Waals surface area (Å²) in [6.45, 7) is 3.84. The van der Waals surface area contributed by atoms with E-state index >= 15 is 0 Å². The van der Waals surface area contributed by atoms with Gasteiger partial charge in [-0.05, 0) is 61.9 Å². The van der Waals surface area contributed by atoms with Crippen LogP contribution in [0, 0.1) is 13.8 Å². The maximum Gasteiger partial charge on any atom is 0.243 e. The number of rotatable bonds is 5. The van der Waals surface area contributed by atoms with Crippen LogP contribution in [0.1, 0.15) is 17.0 Å². The smallest absolute Gasteiger partial charge is 0.243 e. The summed E-state index contributed by atoms with van der Waals surface area (Å²) in [5.74, 6) is 1.91. The molecular formula is C19H17ClN4O. The third kappa shape index (κ3) is 5.02. The Balaban J connectivity index is 1.67. The lowest BCUT2D eigenvalue weighted by Gasteiger charge is -2.06. The van der Waals surface area contributed by atoms with Crippen LogP contribution in [-0.4, -0.2) is 16.2 Å². The van der Waals surface area contributed by atoms with Crippen LogP contribution in [0.3, 0.4) is 0 Å². The molecule has 0 saturated heterocycles. The summed E-state index contributed by atoms with van der Waals surface area (Å²) in [4.78, 5) is 8.55. The molecule has 0 amide bonds. The van der Waals surface area contributed by atoms with Crippen LogP contribution >= 0.6 is 11.6 Å². The van der Waals surface area contributed by atoms with Crippen molar-refractivity contribution in [2.24, 2.45) is 5.10 Å². The van der Waals surface area contributed by atoms with Crippen LogP contribution in [0.5, 0.6) is 11.5 Å². The third-order valence-electron chi connectivity index (χ3n) is 3.27. The van der Waals surface area contributed by atoms with Gasteiger partial charge < -0.3 is 4.74 Å². The molecule has 1 heterocycles. The van der Waals surface area contributed by atoms with Gasteiger partial charge in [-0.2, -0.15) is 5.10 Å². The van der Waals surface area contributed by atoms with Gasteiger partial charge in [0.15, 0.2) is 0 Å². The average Bonchev–Trinajstić information content (AvgIpc) is 2.57. The first kappa shape index (κ1) is 16.9. The number of ether oxygens (including phenoxy) is 1. The molecule has 2 aromatic carbocycles. The van der Waals surface area contributed by atoms with Crippen LogP contribution in [0.4, 0.5) is 5.95 Å². The summed E-state index contributed by atoms with van der Waals surface area (Å²) in [5.41, 5.74) is 5.52. The van der Waals surface area contributed by atoms with Gasteiger partial charge in [0, 0.05) is 16.4 Å². The topological polar surface area (TPSA) is 59.4 Å². The predicted octanol–water partition coefficient (Wildman–Crippen LogP) is 4.99. The molecule has 0 unspecified atom stereocenters. The second-order valence-corrected chi connectivity index (χ2v) is 5.91. The molecular weight excluding hydrogens is 336 g/mol. The summed E-state index contributed by atoms with van der Waals surface area (Å²) < 4.78 is 5.80. The first-order chi connectivity index (χ1) is 12.1. The number of hydrazone groups is 1. The fraction of sp³-hybridized carbons (Fsp3) is 0.105. The van der Waals surface area contributed by atoms with Crippen molar-refractivity contribution in [2.45, 2.75) is 13.8 Å². The summed E-state index contributed by atoms with van der Waals surface area (Å²) in [5, 5.41) is 4.85. The Morgan fingerprint density at radius 3 is 2.40 bits per heavy atom. The highest BCUT2D eigenvalue weighted by Crippen LogP contribution is 2.23. The molecule has 0 bridgehead atoms. The molecule has 126 valence electrons. The number of halogens is 1. The molecule has 25 heavy (non-hydrogen) atoms. The lowest BCUT2D eigenvalue weighted by Crippen LogP contribution is -1.99. The highest BCUT2D eigenvalue weighted by Gasteiger charge is 1.99. The van der Waals surface area contributed by atoms with Gasteiger partial charge in [0.05, 0.1) is 6.21 Å². The number of benzene rings is 2. The zero-order valence-electron chi connectivity index (χ0n) is 13.9. The summed E-state index contributed by atoms with van der Waals surface area (Å²) in [6, 6.07) is 16.7. The standard InChI is InChI=1S/C19H17ClN4O/c1-13-10-14(2)23-19(22-13)24-21-12-15-4-3-5-18(11-15)25-17-8-6-16(20)7-9-17/h3-12H,1-2H3,(H,22,23,24). The van der Waals surface area contributed by atoms with Crippen LogP contribution < -0.4 is 10.2 Å². The molecule has 0 aliphatic heterocycles. The van der Waals surface area contributed by atoms with Crippen LogP contribution in [0.25, 0.3) is 0 Å². The van der Waals surface area contributed by atoms with Crippen molar-refractivity contribution in [3.8, 4) is 11.5 Å². The number of hydrogen-bond donors (Lipinski definition) is 1. The summed E-state index contributed by atoms with van der Waals surface area (Å²) >= 11 is 5.88. The maximum absolute atomic E-state index is 5.88. The van der Waals surface area contributed by atoms with E-state index in [2.05, 4.69) is 20.5 Å². The Morgan fingerprint density at radius 1 is 0.960 bits per heavy atom. The zero-order chi connectivity index (χ0) is 17.6. The predicted molar refractivity (Wildman–Crippen MR) is 101 cm³/mol. The van der Waals surface area contributed by atoms with Crippen molar-refractivity contribution in [2.75, 3.05) is 5.43 Å². The zero-order valence-corrected chi connectivity index (χ0v) is 14.7. The molecule has 0 aliphatic rings. The number of anilines is 1. The Labute approximate surface area is 151 Å². The van der Waals surface area contributed by atoms with Crippen LogP contribution in [0.15, 0.2) is 59.7 Å². The Bertz CT molecular complexity index is 874. The van der Waals surface area contributed by atoms with Crippen molar-refractivity contribution in [1.82, 2.24) is 9.97 Å². The Hall–Kier alpha value is -2.92. The SMILES string of the molecule is Cc1cc(C)nc(NN=Cc2cccc(Oc3ccc(Cl)cc3)c2)n1. The first-order valence-electron chi connectivity index (χ1n) is 7.73. The molecule has 0 saturated carbocycles. The number of hydrogen-bond acceptors (Lipinski definition) is 5. The molecule has 0 radical (unpaired) electrons. The molecule has 0 fully saturated rings. The second-order valence-electron chi connectivity index (χ2n) is 5.47. The Morgan fingerprint density at radius 2 is 1.68 bits per heavy atom. The van der Waals surface area contributed by atoms with Gasteiger partial charge in [0.1, 0.15) is 11.5 Å². The summed E-state index contributed by atoms with van der Waals surface area (Å²) in [6.07, 6.45) is 1.69. The van der Waals surface area contributed by atoms with Gasteiger partial charge in [0.2, 0.25) is 5.95 Å². The number of aryl methyl sites for hydroxylation is 2. The minimum Gasteiger partial charge on any atom is -0.457 e. The molecule has 3 rings (SSSR count). The maximum atomic E-state index is 5.88. The minimum absolute atomic E-state index is 0.474. The van der Waals surface area contributed by atoms with E-state index in [0.29, 0.717) is 16.7 Å². The molecule has 3 aromatic rings. The normalized spacial score (nSPS) is 10.8. The van der Waals surface area contributed by atoms with E-state index in [9.17, 15) is 0 Å². The van der Waals surface area contributed by atoms with Gasteiger partial charge in [-0.1, -0.05) is 23.7 Å². The highest BCUT2D eigenvalue weighted by atomic mass is 35.5. The van der Waals surface area contributed by atoms with E-state index in [1.54, 1.807) is 18.3 Å². The van der Waals surface area contributed by atoms with Crippen LogP contribution in [0.2, 0.25) is 5.02 Å². The van der Waals surface area contributed by atoms with Gasteiger partial charge in [-0.15, -0.1) is 0 Å². The largest absolute Gasteiger partial charge is 0.457 e. The minimum atomic E-state index is 0.474. The molecule has 1 aromatic heterocycles. The third-order valence-corrected chi connectivity index (χ3v) is 3.52. The van der Waals surface area contributed by atoms with E-state index in [4.69, 9.17) is 16.3 Å². The van der Waals surface area contributed by atoms with Gasteiger partial charge >= 0.3 is 0 Å². The van der Waals surface area contributed by atoms with E-state index in [-0.39, 0.29) is 0 Å². The Kier molecular flexibility index (Phi) is 5.26. The van der Waals surface area contributed by atoms with Crippen molar-refractivity contribution in [3.63, 3.8) is 0 Å². The number of nitrogens with one attached hydrogen (secondary N) is 1. The van der Waals surface area contributed by atoms with E-state index in [0.717, 1.165) is 22.7 Å². The van der Waals surface area contributed by atoms with Gasteiger partial charge in [0.25, 0.3) is 0 Å². The molecule has 0 atom stereocenters. The van der Waals surface area contributed by atoms with Gasteiger partial charge in [-0.3, -0.25) is 0 Å². The molecule has 0 aliphatic carbocycles. The van der Waals surface area contributed by atoms with E-state index in [1.807, 2.05) is 56.3 Å².